The zero-order chi connectivity index (χ0) is 22.9. The van der Waals surface area contributed by atoms with Crippen LogP contribution in [-0.2, 0) is 14.3 Å². The molecule has 0 fully saturated rings. The smallest absolute Gasteiger partial charge is 0.339 e. The molecule has 0 spiro atoms. The highest BCUT2D eigenvalue weighted by atomic mass is 16.5. The molecule has 0 radical (unpaired) electrons. The second-order valence-electron chi connectivity index (χ2n) is 7.60. The maximum Gasteiger partial charge on any atom is 0.339 e. The van der Waals surface area contributed by atoms with E-state index in [2.05, 4.69) is 19.2 Å². The van der Waals surface area contributed by atoms with Crippen molar-refractivity contribution < 1.29 is 19.1 Å². The number of hydrogen-bond donors (Lipinski definition) is 1. The van der Waals surface area contributed by atoms with Crippen molar-refractivity contribution >= 4 is 29.2 Å². The quantitative estimate of drug-likeness (QED) is 0.290. The van der Waals surface area contributed by atoms with Gasteiger partial charge in [0, 0.05) is 5.69 Å². The Kier molecular flexibility index (Phi) is 7.81. The van der Waals surface area contributed by atoms with Gasteiger partial charge in [0.05, 0.1) is 12.7 Å². The first-order valence-corrected chi connectivity index (χ1v) is 10.4. The molecule has 0 atom stereocenters. The van der Waals surface area contributed by atoms with Crippen LogP contribution in [0.5, 0.6) is 5.75 Å². The third-order valence-electron chi connectivity index (χ3n) is 4.90. The van der Waals surface area contributed by atoms with E-state index in [0.717, 1.165) is 5.56 Å². The van der Waals surface area contributed by atoms with Gasteiger partial charge in [0.25, 0.3) is 5.91 Å². The predicted octanol–water partition coefficient (Wildman–Crippen LogP) is 5.54. The van der Waals surface area contributed by atoms with Gasteiger partial charge in [-0.05, 0) is 52.9 Å². The third kappa shape index (κ3) is 6.32. The molecule has 0 aliphatic heterocycles. The molecule has 1 N–H and O–H groups in total. The second kappa shape index (κ2) is 11.0. The lowest BCUT2D eigenvalue weighted by Gasteiger charge is -2.11. The van der Waals surface area contributed by atoms with E-state index < -0.39 is 11.9 Å². The van der Waals surface area contributed by atoms with Crippen LogP contribution < -0.4 is 10.1 Å². The molecule has 164 valence electrons. The molecule has 0 heterocycles. The molecule has 3 rings (SSSR count). The fourth-order valence-electron chi connectivity index (χ4n) is 3.13. The molecule has 3 aromatic rings. The lowest BCUT2D eigenvalue weighted by molar-refractivity contribution is -0.141. The highest BCUT2D eigenvalue weighted by Gasteiger charge is 2.16. The Bertz CT molecular complexity index is 1090. The number of benzene rings is 3. The standard InChI is InChI=1S/C27H27NO4/c1-19(2)21-12-14-23(15-13-21)28-26(29)18-32-27(30)25(22-9-5-4-6-10-22)17-20-8-7-11-24(16-20)31-3/h4-17,19H,18H2,1-3H3,(H,28,29)/b25-17+. The summed E-state index contributed by atoms with van der Waals surface area (Å²) in [5.41, 5.74) is 3.68. The number of nitrogens with one attached hydrogen (secondary N) is 1. The van der Waals surface area contributed by atoms with E-state index in [1.54, 1.807) is 13.2 Å². The van der Waals surface area contributed by atoms with Gasteiger partial charge >= 0.3 is 5.97 Å². The van der Waals surface area contributed by atoms with Crippen LogP contribution in [0.4, 0.5) is 5.69 Å². The van der Waals surface area contributed by atoms with E-state index in [-0.39, 0.29) is 6.61 Å². The number of rotatable bonds is 8. The summed E-state index contributed by atoms with van der Waals surface area (Å²) in [5, 5.41) is 2.75. The zero-order valence-corrected chi connectivity index (χ0v) is 18.5. The van der Waals surface area contributed by atoms with Gasteiger partial charge in [-0.2, -0.15) is 0 Å². The van der Waals surface area contributed by atoms with Gasteiger partial charge < -0.3 is 14.8 Å². The number of carbonyl (C=O) groups is 2. The molecule has 0 bridgehead atoms. The van der Waals surface area contributed by atoms with Gasteiger partial charge in [-0.3, -0.25) is 4.79 Å². The van der Waals surface area contributed by atoms with Crippen molar-refractivity contribution in [3.05, 3.63) is 95.6 Å². The van der Waals surface area contributed by atoms with E-state index in [9.17, 15) is 9.59 Å². The summed E-state index contributed by atoms with van der Waals surface area (Å²) in [6.07, 6.45) is 1.72. The van der Waals surface area contributed by atoms with Gasteiger partial charge in [0.15, 0.2) is 6.61 Å². The molecule has 0 aliphatic rings. The van der Waals surface area contributed by atoms with Gasteiger partial charge in [-0.15, -0.1) is 0 Å². The number of esters is 1. The molecule has 0 saturated heterocycles. The van der Waals surface area contributed by atoms with Crippen LogP contribution in [0.15, 0.2) is 78.9 Å². The minimum atomic E-state index is -0.579. The highest BCUT2D eigenvalue weighted by molar-refractivity contribution is 6.22. The Morgan fingerprint density at radius 2 is 1.66 bits per heavy atom. The summed E-state index contributed by atoms with van der Waals surface area (Å²) in [4.78, 5) is 25.2. The number of ether oxygens (including phenoxy) is 2. The van der Waals surface area contributed by atoms with Crippen molar-refractivity contribution in [2.24, 2.45) is 0 Å². The van der Waals surface area contributed by atoms with Crippen LogP contribution in [0.1, 0.15) is 36.5 Å². The predicted molar refractivity (Wildman–Crippen MR) is 127 cm³/mol. The van der Waals surface area contributed by atoms with E-state index in [1.807, 2.05) is 78.9 Å². The Hall–Kier alpha value is -3.86. The number of methoxy groups -OCH3 is 1. The number of hydrogen-bond acceptors (Lipinski definition) is 4. The molecule has 5 nitrogen and oxygen atoms in total. The minimum Gasteiger partial charge on any atom is -0.497 e. The Labute approximate surface area is 188 Å². The van der Waals surface area contributed by atoms with Crippen molar-refractivity contribution in [3.63, 3.8) is 0 Å². The summed E-state index contributed by atoms with van der Waals surface area (Å²) >= 11 is 0. The molecule has 0 aliphatic carbocycles. The first kappa shape index (κ1) is 22.8. The topological polar surface area (TPSA) is 64.6 Å². The summed E-state index contributed by atoms with van der Waals surface area (Å²) in [5.74, 6) is 0.115. The normalized spacial score (nSPS) is 11.2. The lowest BCUT2D eigenvalue weighted by Crippen LogP contribution is -2.21. The van der Waals surface area contributed by atoms with Crippen molar-refractivity contribution in [2.75, 3.05) is 19.0 Å². The molecule has 32 heavy (non-hydrogen) atoms. The molecular formula is C27H27NO4. The van der Waals surface area contributed by atoms with Crippen LogP contribution in [0.2, 0.25) is 0 Å². The monoisotopic (exact) mass is 429 g/mol. The third-order valence-corrected chi connectivity index (χ3v) is 4.90. The summed E-state index contributed by atoms with van der Waals surface area (Å²) in [6.45, 7) is 3.83. The molecule has 1 amide bonds. The first-order chi connectivity index (χ1) is 15.5. The fourth-order valence-corrected chi connectivity index (χ4v) is 3.13. The Morgan fingerprint density at radius 1 is 0.938 bits per heavy atom. The van der Waals surface area contributed by atoms with Gasteiger partial charge in [-0.25, -0.2) is 4.79 Å². The first-order valence-electron chi connectivity index (χ1n) is 10.4. The maximum absolute atomic E-state index is 12.9. The highest BCUT2D eigenvalue weighted by Crippen LogP contribution is 2.22. The van der Waals surface area contributed by atoms with Crippen molar-refractivity contribution in [1.29, 1.82) is 0 Å². The molecule has 3 aromatic carbocycles. The molecule has 5 heteroatoms. The zero-order valence-electron chi connectivity index (χ0n) is 18.5. The van der Waals surface area contributed by atoms with Crippen LogP contribution in [0.3, 0.4) is 0 Å². The van der Waals surface area contributed by atoms with Crippen molar-refractivity contribution in [2.45, 2.75) is 19.8 Å². The van der Waals surface area contributed by atoms with E-state index >= 15 is 0 Å². The van der Waals surface area contributed by atoms with Crippen LogP contribution >= 0.6 is 0 Å². The summed E-state index contributed by atoms with van der Waals surface area (Å²) in [6, 6.07) is 24.2. The van der Waals surface area contributed by atoms with Crippen molar-refractivity contribution in [3.8, 4) is 5.75 Å². The minimum absolute atomic E-state index is 0.355. The van der Waals surface area contributed by atoms with Crippen LogP contribution in [0, 0.1) is 0 Å². The average Bonchev–Trinajstić information content (AvgIpc) is 2.82. The second-order valence-corrected chi connectivity index (χ2v) is 7.60. The van der Waals surface area contributed by atoms with E-state index in [1.165, 1.54) is 5.56 Å². The van der Waals surface area contributed by atoms with Gasteiger partial charge in [0.1, 0.15) is 5.75 Å². The van der Waals surface area contributed by atoms with Crippen LogP contribution in [-0.4, -0.2) is 25.6 Å². The maximum atomic E-state index is 12.9. The molecular weight excluding hydrogens is 402 g/mol. The number of amides is 1. The SMILES string of the molecule is COc1cccc(/C=C(/C(=O)OCC(=O)Nc2ccc(C(C)C)cc2)c2ccccc2)c1. The van der Waals surface area contributed by atoms with E-state index in [4.69, 9.17) is 9.47 Å². The summed E-state index contributed by atoms with van der Waals surface area (Å²) < 4.78 is 10.6. The Morgan fingerprint density at radius 3 is 2.31 bits per heavy atom. The fraction of sp³-hybridized carbons (Fsp3) is 0.185. The largest absolute Gasteiger partial charge is 0.497 e. The van der Waals surface area contributed by atoms with Crippen molar-refractivity contribution in [1.82, 2.24) is 0 Å². The van der Waals surface area contributed by atoms with Crippen LogP contribution in [0.25, 0.3) is 11.6 Å². The van der Waals surface area contributed by atoms with Gasteiger partial charge in [-0.1, -0.05) is 68.4 Å². The van der Waals surface area contributed by atoms with Gasteiger partial charge in [0.2, 0.25) is 0 Å². The lowest BCUT2D eigenvalue weighted by atomic mass is 10.0. The Balaban J connectivity index is 1.71. The molecule has 0 unspecified atom stereocenters. The number of carbonyl (C=O) groups excluding carboxylic acids is 2. The number of anilines is 1. The van der Waals surface area contributed by atoms with E-state index in [0.29, 0.717) is 28.5 Å². The average molecular weight is 430 g/mol. The molecule has 0 saturated carbocycles. The molecule has 0 aromatic heterocycles. The summed E-state index contributed by atoms with van der Waals surface area (Å²) in [7, 11) is 1.59.